The van der Waals surface area contributed by atoms with Crippen LogP contribution in [0.5, 0.6) is 11.5 Å². The summed E-state index contributed by atoms with van der Waals surface area (Å²) in [5, 5.41) is 1.71. The van der Waals surface area contributed by atoms with Crippen LogP contribution in [0.4, 0.5) is 0 Å². The van der Waals surface area contributed by atoms with E-state index in [1.807, 2.05) is 31.3 Å². The third-order valence-corrected chi connectivity index (χ3v) is 3.66. The lowest BCUT2D eigenvalue weighted by molar-refractivity contribution is 0.355. The van der Waals surface area contributed by atoms with Gasteiger partial charge in [-0.3, -0.25) is 0 Å². The number of aromatic amines is 1. The SMILES string of the molecule is COc1cc2c(-c3ccc(Cl)[nH]3)cn(C)c2cc1OC. The molecule has 1 N–H and O–H groups in total. The number of ether oxygens (including phenoxy) is 2. The normalized spacial score (nSPS) is 11.0. The van der Waals surface area contributed by atoms with Crippen LogP contribution in [0.25, 0.3) is 22.2 Å². The maximum absolute atomic E-state index is 5.97. The van der Waals surface area contributed by atoms with Crippen molar-refractivity contribution in [2.45, 2.75) is 0 Å². The maximum Gasteiger partial charge on any atom is 0.162 e. The number of rotatable bonds is 3. The third kappa shape index (κ3) is 1.93. The molecule has 3 rings (SSSR count). The summed E-state index contributed by atoms with van der Waals surface area (Å²) in [6, 6.07) is 7.77. The van der Waals surface area contributed by atoms with Crippen LogP contribution in [-0.2, 0) is 7.05 Å². The summed E-state index contributed by atoms with van der Waals surface area (Å²) in [5.41, 5.74) is 3.13. The summed E-state index contributed by atoms with van der Waals surface area (Å²) >= 11 is 5.97. The molecule has 5 heteroatoms. The second-order valence-corrected chi connectivity index (χ2v) is 5.01. The lowest BCUT2D eigenvalue weighted by Crippen LogP contribution is -1.91. The first-order valence-electron chi connectivity index (χ1n) is 6.20. The second kappa shape index (κ2) is 4.80. The van der Waals surface area contributed by atoms with E-state index in [0.717, 1.165) is 27.9 Å². The predicted octanol–water partition coefficient (Wildman–Crippen LogP) is 3.84. The fraction of sp³-hybridized carbons (Fsp3) is 0.200. The molecule has 2 heterocycles. The molecule has 0 aliphatic heterocycles. The van der Waals surface area contributed by atoms with Crippen LogP contribution in [0.3, 0.4) is 0 Å². The van der Waals surface area contributed by atoms with Gasteiger partial charge in [0.2, 0.25) is 0 Å². The van der Waals surface area contributed by atoms with Gasteiger partial charge in [-0.15, -0.1) is 0 Å². The van der Waals surface area contributed by atoms with Crippen molar-refractivity contribution in [3.8, 4) is 22.8 Å². The molecule has 0 unspecified atom stereocenters. The topological polar surface area (TPSA) is 39.2 Å². The number of aryl methyl sites for hydroxylation is 1. The van der Waals surface area contributed by atoms with Crippen molar-refractivity contribution in [2.75, 3.05) is 14.2 Å². The van der Waals surface area contributed by atoms with E-state index < -0.39 is 0 Å². The van der Waals surface area contributed by atoms with Crippen molar-refractivity contribution in [1.82, 2.24) is 9.55 Å². The van der Waals surface area contributed by atoms with E-state index in [1.165, 1.54) is 0 Å². The number of fused-ring (bicyclic) bond motifs is 1. The fourth-order valence-corrected chi connectivity index (χ4v) is 2.61. The van der Waals surface area contributed by atoms with Crippen LogP contribution in [-0.4, -0.2) is 23.8 Å². The third-order valence-electron chi connectivity index (χ3n) is 3.44. The van der Waals surface area contributed by atoms with Gasteiger partial charge in [0.25, 0.3) is 0 Å². The van der Waals surface area contributed by atoms with Gasteiger partial charge < -0.3 is 19.0 Å². The summed E-state index contributed by atoms with van der Waals surface area (Å²) in [6.45, 7) is 0. The monoisotopic (exact) mass is 290 g/mol. The Morgan fingerprint density at radius 1 is 1.10 bits per heavy atom. The number of nitrogens with zero attached hydrogens (tertiary/aromatic N) is 1. The Labute approximate surface area is 121 Å². The van der Waals surface area contributed by atoms with Gasteiger partial charge in [-0.05, 0) is 18.2 Å². The molecule has 0 bridgehead atoms. The fourth-order valence-electron chi connectivity index (χ4n) is 2.45. The lowest BCUT2D eigenvalue weighted by atomic mass is 10.1. The molecule has 0 atom stereocenters. The molecule has 0 saturated heterocycles. The minimum absolute atomic E-state index is 0.623. The maximum atomic E-state index is 5.97. The largest absolute Gasteiger partial charge is 0.493 e. The van der Waals surface area contributed by atoms with Gasteiger partial charge in [0.15, 0.2) is 11.5 Å². The smallest absolute Gasteiger partial charge is 0.162 e. The molecule has 0 fully saturated rings. The highest BCUT2D eigenvalue weighted by molar-refractivity contribution is 6.29. The number of nitrogens with one attached hydrogen (secondary N) is 1. The van der Waals surface area contributed by atoms with Gasteiger partial charge in [0.05, 0.1) is 19.7 Å². The lowest BCUT2D eigenvalue weighted by Gasteiger charge is -2.08. The van der Waals surface area contributed by atoms with Crippen LogP contribution in [0.1, 0.15) is 0 Å². The predicted molar refractivity (Wildman–Crippen MR) is 80.8 cm³/mol. The number of H-pyrrole nitrogens is 1. The quantitative estimate of drug-likeness (QED) is 0.796. The first-order chi connectivity index (χ1) is 9.63. The van der Waals surface area contributed by atoms with Crippen molar-refractivity contribution in [1.29, 1.82) is 0 Å². The van der Waals surface area contributed by atoms with Gasteiger partial charge in [0, 0.05) is 36.0 Å². The summed E-state index contributed by atoms with van der Waals surface area (Å²) in [6.07, 6.45) is 2.06. The minimum Gasteiger partial charge on any atom is -0.493 e. The van der Waals surface area contributed by atoms with Gasteiger partial charge >= 0.3 is 0 Å². The molecule has 0 amide bonds. The summed E-state index contributed by atoms with van der Waals surface area (Å²) in [4.78, 5) is 3.14. The van der Waals surface area contributed by atoms with Crippen molar-refractivity contribution in [3.05, 3.63) is 35.6 Å². The van der Waals surface area contributed by atoms with E-state index in [-0.39, 0.29) is 0 Å². The van der Waals surface area contributed by atoms with E-state index in [1.54, 1.807) is 14.2 Å². The molecule has 104 valence electrons. The first-order valence-corrected chi connectivity index (χ1v) is 6.57. The molecular formula is C15H15ClN2O2. The number of methoxy groups -OCH3 is 2. The number of hydrogen-bond acceptors (Lipinski definition) is 2. The Morgan fingerprint density at radius 2 is 1.80 bits per heavy atom. The van der Waals surface area contributed by atoms with E-state index in [0.29, 0.717) is 10.9 Å². The average Bonchev–Trinajstić information content (AvgIpc) is 3.01. The molecule has 1 aromatic carbocycles. The zero-order valence-corrected chi connectivity index (χ0v) is 12.3. The Kier molecular flexibility index (Phi) is 3.10. The molecule has 0 spiro atoms. The molecule has 0 aliphatic rings. The number of benzene rings is 1. The number of aromatic nitrogens is 2. The molecule has 4 nitrogen and oxygen atoms in total. The molecule has 3 aromatic rings. The zero-order chi connectivity index (χ0) is 14.3. The molecule has 0 radical (unpaired) electrons. The Balaban J connectivity index is 2.29. The molecule has 0 saturated carbocycles. The number of hydrogen-bond donors (Lipinski definition) is 1. The van der Waals surface area contributed by atoms with Crippen LogP contribution >= 0.6 is 11.6 Å². The Morgan fingerprint density at radius 3 is 2.40 bits per heavy atom. The van der Waals surface area contributed by atoms with Gasteiger partial charge in [-0.25, -0.2) is 0 Å². The highest BCUT2D eigenvalue weighted by atomic mass is 35.5. The van der Waals surface area contributed by atoms with Crippen LogP contribution in [0, 0.1) is 0 Å². The van der Waals surface area contributed by atoms with Crippen molar-refractivity contribution in [2.24, 2.45) is 7.05 Å². The van der Waals surface area contributed by atoms with Crippen molar-refractivity contribution >= 4 is 22.5 Å². The Bertz CT molecular complexity index is 774. The van der Waals surface area contributed by atoms with Crippen molar-refractivity contribution in [3.63, 3.8) is 0 Å². The van der Waals surface area contributed by atoms with Crippen LogP contribution < -0.4 is 9.47 Å². The van der Waals surface area contributed by atoms with Gasteiger partial charge in [-0.1, -0.05) is 11.6 Å². The standard InChI is InChI=1S/C15H15ClN2O2/c1-18-8-10(11-4-5-15(16)17-11)9-6-13(19-2)14(20-3)7-12(9)18/h4-8,17H,1-3H3. The van der Waals surface area contributed by atoms with E-state index in [4.69, 9.17) is 21.1 Å². The van der Waals surface area contributed by atoms with Gasteiger partial charge in [0.1, 0.15) is 5.15 Å². The highest BCUT2D eigenvalue weighted by Crippen LogP contribution is 2.37. The summed E-state index contributed by atoms with van der Waals surface area (Å²) in [7, 11) is 5.28. The zero-order valence-electron chi connectivity index (χ0n) is 11.5. The van der Waals surface area contributed by atoms with Crippen LogP contribution in [0.2, 0.25) is 5.15 Å². The van der Waals surface area contributed by atoms with E-state index in [9.17, 15) is 0 Å². The molecule has 0 aliphatic carbocycles. The average molecular weight is 291 g/mol. The van der Waals surface area contributed by atoms with E-state index in [2.05, 4.69) is 15.7 Å². The summed E-state index contributed by atoms with van der Waals surface area (Å²) in [5.74, 6) is 1.43. The highest BCUT2D eigenvalue weighted by Gasteiger charge is 2.14. The molecule has 2 aromatic heterocycles. The second-order valence-electron chi connectivity index (χ2n) is 4.60. The number of halogens is 1. The van der Waals surface area contributed by atoms with Crippen molar-refractivity contribution < 1.29 is 9.47 Å². The summed E-state index contributed by atoms with van der Waals surface area (Å²) < 4.78 is 12.8. The Hall–Kier alpha value is -2.07. The first kappa shape index (κ1) is 12.9. The van der Waals surface area contributed by atoms with Gasteiger partial charge in [-0.2, -0.15) is 0 Å². The van der Waals surface area contributed by atoms with E-state index >= 15 is 0 Å². The molecular weight excluding hydrogens is 276 g/mol. The minimum atomic E-state index is 0.623. The van der Waals surface area contributed by atoms with Crippen LogP contribution in [0.15, 0.2) is 30.5 Å². The molecule has 20 heavy (non-hydrogen) atoms.